The Bertz CT molecular complexity index is 634. The predicted molar refractivity (Wildman–Crippen MR) is 105 cm³/mol. The smallest absolute Gasteiger partial charge is 0.410 e. The van der Waals surface area contributed by atoms with Crippen molar-refractivity contribution < 1.29 is 14.3 Å². The van der Waals surface area contributed by atoms with Crippen LogP contribution in [-0.2, 0) is 11.3 Å². The molecule has 1 saturated heterocycles. The van der Waals surface area contributed by atoms with Crippen molar-refractivity contribution in [3.05, 3.63) is 23.9 Å². The summed E-state index contributed by atoms with van der Waals surface area (Å²) in [4.78, 5) is 22.1. The maximum Gasteiger partial charge on any atom is 0.410 e. The minimum absolute atomic E-state index is 0.159. The molecular formula is C19H31N5O3. The number of carbonyl (C=O) groups excluding carboxylic acids is 1. The monoisotopic (exact) mass is 377 g/mol. The van der Waals surface area contributed by atoms with Gasteiger partial charge in [-0.15, -0.1) is 0 Å². The minimum Gasteiger partial charge on any atom is -0.478 e. The number of rotatable bonds is 6. The van der Waals surface area contributed by atoms with Crippen molar-refractivity contribution in [3.8, 4) is 5.88 Å². The van der Waals surface area contributed by atoms with Gasteiger partial charge in [0.25, 0.3) is 0 Å². The van der Waals surface area contributed by atoms with Crippen LogP contribution in [0.1, 0.15) is 39.7 Å². The number of likely N-dealkylation sites (tertiary alicyclic amines) is 1. The van der Waals surface area contributed by atoms with Gasteiger partial charge in [0.2, 0.25) is 5.88 Å². The molecule has 0 aliphatic carbocycles. The molecule has 0 aromatic carbocycles. The first kappa shape index (κ1) is 20.8. The van der Waals surface area contributed by atoms with Gasteiger partial charge in [-0.3, -0.25) is 4.99 Å². The number of ether oxygens (including phenoxy) is 2. The van der Waals surface area contributed by atoms with Crippen LogP contribution in [0.3, 0.4) is 0 Å². The van der Waals surface area contributed by atoms with E-state index in [9.17, 15) is 4.79 Å². The quantitative estimate of drug-likeness (QED) is 0.583. The molecule has 150 valence electrons. The average molecular weight is 377 g/mol. The molecule has 1 aromatic heterocycles. The van der Waals surface area contributed by atoms with Crippen LogP contribution < -0.4 is 15.4 Å². The summed E-state index contributed by atoms with van der Waals surface area (Å²) < 4.78 is 10.8. The van der Waals surface area contributed by atoms with Crippen molar-refractivity contribution in [2.24, 2.45) is 4.99 Å². The van der Waals surface area contributed by atoms with E-state index >= 15 is 0 Å². The second kappa shape index (κ2) is 9.43. The van der Waals surface area contributed by atoms with Crippen LogP contribution in [-0.4, -0.2) is 60.3 Å². The first-order chi connectivity index (χ1) is 12.8. The fraction of sp³-hybridized carbons (Fsp3) is 0.632. The first-order valence-corrected chi connectivity index (χ1v) is 9.33. The van der Waals surface area contributed by atoms with Gasteiger partial charge in [-0.2, -0.15) is 0 Å². The molecule has 8 nitrogen and oxygen atoms in total. The lowest BCUT2D eigenvalue weighted by molar-refractivity contribution is 0.00701. The Morgan fingerprint density at radius 1 is 1.37 bits per heavy atom. The number of pyridine rings is 1. The van der Waals surface area contributed by atoms with Crippen LogP contribution in [0.5, 0.6) is 5.88 Å². The summed E-state index contributed by atoms with van der Waals surface area (Å²) in [6.07, 6.45) is 2.47. The zero-order valence-corrected chi connectivity index (χ0v) is 16.9. The fourth-order valence-electron chi connectivity index (χ4n) is 2.43. The maximum atomic E-state index is 12.0. The number of amides is 1. The minimum atomic E-state index is -0.474. The second-order valence-electron chi connectivity index (χ2n) is 7.51. The van der Waals surface area contributed by atoms with Gasteiger partial charge in [0.1, 0.15) is 5.60 Å². The van der Waals surface area contributed by atoms with E-state index in [-0.39, 0.29) is 12.1 Å². The lowest BCUT2D eigenvalue weighted by atomic mass is 10.1. The Morgan fingerprint density at radius 3 is 2.67 bits per heavy atom. The Hall–Kier alpha value is -2.51. The number of aliphatic imine (C=N–C) groups is 1. The summed E-state index contributed by atoms with van der Waals surface area (Å²) >= 11 is 0. The van der Waals surface area contributed by atoms with E-state index in [1.54, 1.807) is 18.1 Å². The van der Waals surface area contributed by atoms with E-state index in [4.69, 9.17) is 9.47 Å². The standard InChI is InChI=1S/C19H31N5O3/c1-6-9-26-16-8-7-14(10-21-16)11-22-17(20-5)23-15-12-24(13-15)18(25)27-19(2,3)4/h7-8,10,15H,6,9,11-13H2,1-5H3,(H2,20,22,23). The number of guanidine groups is 1. The molecule has 1 amide bonds. The zero-order valence-electron chi connectivity index (χ0n) is 16.9. The summed E-state index contributed by atoms with van der Waals surface area (Å²) in [5.74, 6) is 1.33. The van der Waals surface area contributed by atoms with Crippen molar-refractivity contribution in [3.63, 3.8) is 0 Å². The summed E-state index contributed by atoms with van der Waals surface area (Å²) in [5, 5.41) is 6.56. The molecule has 8 heteroatoms. The number of hydrogen-bond donors (Lipinski definition) is 2. The molecule has 2 rings (SSSR count). The predicted octanol–water partition coefficient (Wildman–Crippen LogP) is 2.15. The molecule has 2 heterocycles. The SMILES string of the molecule is CCCOc1ccc(CNC(=NC)NC2CN(C(=O)OC(C)(C)C)C2)cn1. The third kappa shape index (κ3) is 6.96. The molecule has 1 aromatic rings. The van der Waals surface area contributed by atoms with E-state index in [0.717, 1.165) is 12.0 Å². The van der Waals surface area contributed by atoms with E-state index in [1.165, 1.54) is 0 Å². The lowest BCUT2D eigenvalue weighted by Crippen LogP contribution is -2.63. The van der Waals surface area contributed by atoms with E-state index in [2.05, 4.69) is 27.5 Å². The third-order valence-corrected chi connectivity index (χ3v) is 3.81. The zero-order chi connectivity index (χ0) is 19.9. The highest BCUT2D eigenvalue weighted by Crippen LogP contribution is 2.15. The number of hydrogen-bond acceptors (Lipinski definition) is 5. The normalized spacial score (nSPS) is 15.1. The molecule has 27 heavy (non-hydrogen) atoms. The molecule has 1 aliphatic rings. The van der Waals surface area contributed by atoms with Gasteiger partial charge >= 0.3 is 6.09 Å². The molecule has 1 aliphatic heterocycles. The summed E-state index contributed by atoms with van der Waals surface area (Å²) in [7, 11) is 1.72. The molecule has 2 N–H and O–H groups in total. The first-order valence-electron chi connectivity index (χ1n) is 9.33. The molecule has 0 bridgehead atoms. The van der Waals surface area contributed by atoms with Crippen LogP contribution in [0.25, 0.3) is 0 Å². The molecule has 0 saturated carbocycles. The van der Waals surface area contributed by atoms with Gasteiger partial charge < -0.3 is 25.0 Å². The highest BCUT2D eigenvalue weighted by Gasteiger charge is 2.34. The largest absolute Gasteiger partial charge is 0.478 e. The summed E-state index contributed by atoms with van der Waals surface area (Å²) in [6.45, 7) is 10.1. The van der Waals surface area contributed by atoms with E-state index in [1.807, 2.05) is 32.9 Å². The molecule has 0 radical (unpaired) electrons. The maximum absolute atomic E-state index is 12.0. The number of carbonyl (C=O) groups is 1. The average Bonchev–Trinajstić information content (AvgIpc) is 2.57. The van der Waals surface area contributed by atoms with E-state index < -0.39 is 5.60 Å². The van der Waals surface area contributed by atoms with Gasteiger partial charge in [-0.05, 0) is 32.8 Å². The summed E-state index contributed by atoms with van der Waals surface area (Å²) in [6, 6.07) is 4.01. The Labute approximate surface area is 161 Å². The van der Waals surface area contributed by atoms with Gasteiger partial charge in [0.05, 0.1) is 12.6 Å². The molecule has 1 fully saturated rings. The van der Waals surface area contributed by atoms with Crippen molar-refractivity contribution in [1.82, 2.24) is 20.5 Å². The van der Waals surface area contributed by atoms with Crippen LogP contribution in [0.2, 0.25) is 0 Å². The summed E-state index contributed by atoms with van der Waals surface area (Å²) in [5.41, 5.74) is 0.559. The van der Waals surface area contributed by atoms with Crippen LogP contribution >= 0.6 is 0 Å². The van der Waals surface area contributed by atoms with Crippen molar-refractivity contribution in [2.75, 3.05) is 26.7 Å². The molecular weight excluding hydrogens is 346 g/mol. The lowest BCUT2D eigenvalue weighted by Gasteiger charge is -2.40. The topological polar surface area (TPSA) is 88.1 Å². The van der Waals surface area contributed by atoms with E-state index in [0.29, 0.717) is 38.1 Å². The van der Waals surface area contributed by atoms with Crippen LogP contribution in [0, 0.1) is 0 Å². The van der Waals surface area contributed by atoms with Crippen molar-refractivity contribution in [1.29, 1.82) is 0 Å². The highest BCUT2D eigenvalue weighted by atomic mass is 16.6. The number of nitrogens with one attached hydrogen (secondary N) is 2. The van der Waals surface area contributed by atoms with Crippen molar-refractivity contribution in [2.45, 2.75) is 52.3 Å². The fourth-order valence-corrected chi connectivity index (χ4v) is 2.43. The van der Waals surface area contributed by atoms with Gasteiger partial charge in [-0.25, -0.2) is 9.78 Å². The molecule has 0 atom stereocenters. The van der Waals surface area contributed by atoms with Gasteiger partial charge in [-0.1, -0.05) is 13.0 Å². The van der Waals surface area contributed by atoms with Crippen LogP contribution in [0.4, 0.5) is 4.79 Å². The Morgan fingerprint density at radius 2 is 2.11 bits per heavy atom. The second-order valence-corrected chi connectivity index (χ2v) is 7.51. The third-order valence-electron chi connectivity index (χ3n) is 3.81. The molecule has 0 spiro atoms. The highest BCUT2D eigenvalue weighted by molar-refractivity contribution is 5.80. The Kier molecular flexibility index (Phi) is 7.27. The molecule has 0 unspecified atom stereocenters. The number of aromatic nitrogens is 1. The van der Waals surface area contributed by atoms with Gasteiger partial charge in [0, 0.05) is 38.9 Å². The van der Waals surface area contributed by atoms with Crippen molar-refractivity contribution >= 4 is 12.1 Å². The van der Waals surface area contributed by atoms with Crippen LogP contribution in [0.15, 0.2) is 23.3 Å². The Balaban J connectivity index is 1.72. The van der Waals surface area contributed by atoms with Gasteiger partial charge in [0.15, 0.2) is 5.96 Å². The number of nitrogens with zero attached hydrogens (tertiary/aromatic N) is 3.